The number of piperazine rings is 1. The molecule has 3 aromatic rings. The molecule has 1 aromatic carbocycles. The molecule has 0 radical (unpaired) electrons. The molecule has 140 valence electrons. The standard InChI is InChI=1S/C19H19FN4O2S/c1-2-15-11-16-17(21-12-22-18(16)27-15)23-7-9-24(10-8-23)19(25)26-14-5-3-13(20)4-6-14/h3-6,11-12H,2,7-10H2,1H3. The third-order valence-corrected chi connectivity index (χ3v) is 5.75. The summed E-state index contributed by atoms with van der Waals surface area (Å²) < 4.78 is 18.3. The van der Waals surface area contributed by atoms with Crippen LogP contribution < -0.4 is 9.64 Å². The minimum Gasteiger partial charge on any atom is -0.410 e. The number of amides is 1. The fraction of sp³-hybridized carbons (Fsp3) is 0.316. The lowest BCUT2D eigenvalue weighted by Gasteiger charge is -2.34. The van der Waals surface area contributed by atoms with Crippen molar-refractivity contribution in [1.82, 2.24) is 14.9 Å². The minimum atomic E-state index is -0.419. The molecule has 0 saturated carbocycles. The predicted molar refractivity (Wildman–Crippen MR) is 103 cm³/mol. The Hall–Kier alpha value is -2.74. The van der Waals surface area contributed by atoms with Crippen LogP contribution in [0.1, 0.15) is 11.8 Å². The number of aryl methyl sites for hydroxylation is 1. The average molecular weight is 386 g/mol. The Bertz CT molecular complexity index is 952. The molecular formula is C19H19FN4O2S. The number of carbonyl (C=O) groups excluding carboxylic acids is 1. The zero-order valence-corrected chi connectivity index (χ0v) is 15.7. The molecular weight excluding hydrogens is 367 g/mol. The van der Waals surface area contributed by atoms with Gasteiger partial charge in [0.25, 0.3) is 0 Å². The van der Waals surface area contributed by atoms with Crippen molar-refractivity contribution < 1.29 is 13.9 Å². The molecule has 27 heavy (non-hydrogen) atoms. The Morgan fingerprint density at radius 3 is 2.63 bits per heavy atom. The summed E-state index contributed by atoms with van der Waals surface area (Å²) in [6.45, 7) is 4.54. The average Bonchev–Trinajstić information content (AvgIpc) is 3.13. The Morgan fingerprint density at radius 1 is 1.19 bits per heavy atom. The summed E-state index contributed by atoms with van der Waals surface area (Å²) in [7, 11) is 0. The summed E-state index contributed by atoms with van der Waals surface area (Å²) in [6.07, 6.45) is 2.16. The van der Waals surface area contributed by atoms with Gasteiger partial charge < -0.3 is 14.5 Å². The fourth-order valence-corrected chi connectivity index (χ4v) is 4.02. The van der Waals surface area contributed by atoms with Gasteiger partial charge in [0.1, 0.15) is 28.5 Å². The summed E-state index contributed by atoms with van der Waals surface area (Å²) in [4.78, 5) is 27.3. The van der Waals surface area contributed by atoms with Gasteiger partial charge >= 0.3 is 6.09 Å². The van der Waals surface area contributed by atoms with E-state index in [9.17, 15) is 9.18 Å². The number of aromatic nitrogens is 2. The molecule has 1 fully saturated rings. The zero-order valence-electron chi connectivity index (χ0n) is 14.9. The van der Waals surface area contributed by atoms with Crippen LogP contribution in [0.4, 0.5) is 15.0 Å². The van der Waals surface area contributed by atoms with E-state index in [0.717, 1.165) is 22.5 Å². The second kappa shape index (κ2) is 7.48. The Kier molecular flexibility index (Phi) is 4.89. The van der Waals surface area contributed by atoms with Gasteiger partial charge in [-0.05, 0) is 36.8 Å². The molecule has 4 rings (SSSR count). The molecule has 0 bridgehead atoms. The van der Waals surface area contributed by atoms with E-state index >= 15 is 0 Å². The van der Waals surface area contributed by atoms with Crippen molar-refractivity contribution in [3.05, 3.63) is 47.4 Å². The van der Waals surface area contributed by atoms with Crippen LogP contribution >= 0.6 is 11.3 Å². The Balaban J connectivity index is 1.42. The summed E-state index contributed by atoms with van der Waals surface area (Å²) in [5.41, 5.74) is 0. The highest BCUT2D eigenvalue weighted by Crippen LogP contribution is 2.31. The molecule has 1 aliphatic heterocycles. The van der Waals surface area contributed by atoms with Crippen LogP contribution in [0.3, 0.4) is 0 Å². The minimum absolute atomic E-state index is 0.340. The summed E-state index contributed by atoms with van der Waals surface area (Å²) in [5.74, 6) is 0.897. The number of hydrogen-bond donors (Lipinski definition) is 0. The van der Waals surface area contributed by atoms with Gasteiger partial charge in [-0.15, -0.1) is 11.3 Å². The highest BCUT2D eigenvalue weighted by Gasteiger charge is 2.25. The lowest BCUT2D eigenvalue weighted by atomic mass is 10.2. The van der Waals surface area contributed by atoms with E-state index in [4.69, 9.17) is 4.74 Å². The van der Waals surface area contributed by atoms with Crippen molar-refractivity contribution in [2.24, 2.45) is 0 Å². The van der Waals surface area contributed by atoms with Crippen molar-refractivity contribution in [2.45, 2.75) is 13.3 Å². The van der Waals surface area contributed by atoms with Gasteiger partial charge in [-0.3, -0.25) is 0 Å². The molecule has 0 aliphatic carbocycles. The van der Waals surface area contributed by atoms with E-state index < -0.39 is 6.09 Å². The topological polar surface area (TPSA) is 58.6 Å². The molecule has 0 unspecified atom stereocenters. The molecule has 3 heterocycles. The SMILES string of the molecule is CCc1cc2c(N3CCN(C(=O)Oc4ccc(F)cc4)CC3)ncnc2s1. The van der Waals surface area contributed by atoms with Gasteiger partial charge in [-0.25, -0.2) is 19.2 Å². The number of carbonyl (C=O) groups is 1. The van der Waals surface area contributed by atoms with E-state index in [0.29, 0.717) is 31.9 Å². The highest BCUT2D eigenvalue weighted by atomic mass is 32.1. The van der Waals surface area contributed by atoms with Crippen molar-refractivity contribution in [2.75, 3.05) is 31.1 Å². The number of fused-ring (bicyclic) bond motifs is 1. The molecule has 8 heteroatoms. The molecule has 0 N–H and O–H groups in total. The van der Waals surface area contributed by atoms with Crippen molar-refractivity contribution in [3.8, 4) is 5.75 Å². The smallest absolute Gasteiger partial charge is 0.410 e. The van der Waals surface area contributed by atoms with Gasteiger partial charge in [0, 0.05) is 31.1 Å². The number of benzene rings is 1. The van der Waals surface area contributed by atoms with Crippen LogP contribution in [-0.2, 0) is 6.42 Å². The first-order chi connectivity index (χ1) is 13.1. The monoisotopic (exact) mass is 386 g/mol. The highest BCUT2D eigenvalue weighted by molar-refractivity contribution is 7.18. The second-order valence-electron chi connectivity index (χ2n) is 6.28. The lowest BCUT2D eigenvalue weighted by Crippen LogP contribution is -2.49. The molecule has 1 saturated heterocycles. The van der Waals surface area contributed by atoms with Gasteiger partial charge in [-0.1, -0.05) is 6.92 Å². The van der Waals surface area contributed by atoms with E-state index in [1.54, 1.807) is 22.6 Å². The first-order valence-electron chi connectivity index (χ1n) is 8.84. The van der Waals surface area contributed by atoms with Crippen LogP contribution in [0, 0.1) is 5.82 Å². The van der Waals surface area contributed by atoms with Crippen LogP contribution in [0.2, 0.25) is 0 Å². The number of hydrogen-bond acceptors (Lipinski definition) is 6. The number of halogens is 1. The maximum absolute atomic E-state index is 13.0. The summed E-state index contributed by atoms with van der Waals surface area (Å²) >= 11 is 1.69. The van der Waals surface area contributed by atoms with Crippen LogP contribution in [-0.4, -0.2) is 47.1 Å². The predicted octanol–water partition coefficient (Wildman–Crippen LogP) is 3.71. The third-order valence-electron chi connectivity index (χ3n) is 4.56. The molecule has 0 spiro atoms. The number of thiophene rings is 1. The fourth-order valence-electron chi connectivity index (χ4n) is 3.09. The van der Waals surface area contributed by atoms with Gasteiger partial charge in [0.05, 0.1) is 5.39 Å². The molecule has 0 atom stereocenters. The second-order valence-corrected chi connectivity index (χ2v) is 7.39. The van der Waals surface area contributed by atoms with Crippen molar-refractivity contribution in [3.63, 3.8) is 0 Å². The van der Waals surface area contributed by atoms with Crippen LogP contribution in [0.25, 0.3) is 10.2 Å². The number of nitrogens with zero attached hydrogens (tertiary/aromatic N) is 4. The summed E-state index contributed by atoms with van der Waals surface area (Å²) in [5, 5.41) is 1.07. The molecule has 6 nitrogen and oxygen atoms in total. The first-order valence-corrected chi connectivity index (χ1v) is 9.66. The van der Waals surface area contributed by atoms with E-state index in [2.05, 4.69) is 27.9 Å². The van der Waals surface area contributed by atoms with E-state index in [1.165, 1.54) is 29.1 Å². The van der Waals surface area contributed by atoms with Gasteiger partial charge in [0.2, 0.25) is 0 Å². The maximum atomic E-state index is 13.0. The molecule has 2 aromatic heterocycles. The Morgan fingerprint density at radius 2 is 1.93 bits per heavy atom. The van der Waals surface area contributed by atoms with Crippen molar-refractivity contribution in [1.29, 1.82) is 0 Å². The van der Waals surface area contributed by atoms with E-state index in [-0.39, 0.29) is 5.82 Å². The van der Waals surface area contributed by atoms with Gasteiger partial charge in [0.15, 0.2) is 0 Å². The third kappa shape index (κ3) is 3.71. The Labute approximate surface area is 160 Å². The quantitative estimate of drug-likeness (QED) is 0.687. The number of rotatable bonds is 3. The largest absolute Gasteiger partial charge is 0.415 e. The number of anilines is 1. The normalized spacial score (nSPS) is 14.6. The maximum Gasteiger partial charge on any atom is 0.415 e. The van der Waals surface area contributed by atoms with Crippen LogP contribution in [0.15, 0.2) is 36.7 Å². The van der Waals surface area contributed by atoms with Crippen molar-refractivity contribution >= 4 is 33.5 Å². The molecule has 1 amide bonds. The summed E-state index contributed by atoms with van der Waals surface area (Å²) in [6, 6.07) is 7.59. The van der Waals surface area contributed by atoms with Gasteiger partial charge in [-0.2, -0.15) is 0 Å². The lowest BCUT2D eigenvalue weighted by molar-refractivity contribution is 0.149. The van der Waals surface area contributed by atoms with Crippen LogP contribution in [0.5, 0.6) is 5.75 Å². The number of ether oxygens (including phenoxy) is 1. The molecule has 1 aliphatic rings. The first kappa shape index (κ1) is 17.7. The van der Waals surface area contributed by atoms with E-state index in [1.807, 2.05) is 0 Å². The zero-order chi connectivity index (χ0) is 18.8.